The first-order valence-corrected chi connectivity index (χ1v) is 5.45. The molecule has 1 aliphatic rings. The molecule has 0 radical (unpaired) electrons. The molecule has 1 saturated heterocycles. The number of carbonyl (C=O) groups is 1. The molecular formula is C11H15N3O3. The number of hydrogen-bond acceptors (Lipinski definition) is 5. The number of rotatable bonds is 3. The molecule has 2 atom stereocenters. The Bertz CT molecular complexity index is 424. The number of hydrogen-bond donors (Lipinski definition) is 1. The Morgan fingerprint density at radius 2 is 2.29 bits per heavy atom. The van der Waals surface area contributed by atoms with Crippen LogP contribution in [0.3, 0.4) is 0 Å². The third-order valence-electron chi connectivity index (χ3n) is 3.06. The zero-order chi connectivity index (χ0) is 12.4. The first-order chi connectivity index (χ1) is 8.11. The number of nitrogens with zero attached hydrogens (tertiary/aromatic N) is 3. The van der Waals surface area contributed by atoms with E-state index in [0.29, 0.717) is 24.8 Å². The molecule has 92 valence electrons. The van der Waals surface area contributed by atoms with Crippen LogP contribution in [0, 0.1) is 11.8 Å². The van der Waals surface area contributed by atoms with Gasteiger partial charge in [0.2, 0.25) is 5.88 Å². The van der Waals surface area contributed by atoms with Crippen molar-refractivity contribution >= 4 is 11.8 Å². The van der Waals surface area contributed by atoms with E-state index in [4.69, 9.17) is 9.84 Å². The van der Waals surface area contributed by atoms with Gasteiger partial charge in [0, 0.05) is 13.1 Å². The van der Waals surface area contributed by atoms with Crippen LogP contribution >= 0.6 is 0 Å². The molecule has 6 nitrogen and oxygen atoms in total. The Labute approximate surface area is 99.2 Å². The van der Waals surface area contributed by atoms with Gasteiger partial charge in [-0.1, -0.05) is 6.92 Å². The van der Waals surface area contributed by atoms with Crippen molar-refractivity contribution in [3.63, 3.8) is 0 Å². The lowest BCUT2D eigenvalue weighted by Gasteiger charge is -2.16. The topological polar surface area (TPSA) is 75.5 Å². The molecule has 1 fully saturated rings. The SMILES string of the molecule is COc1cncc(N2C[C@@H](C)[C@H](C(=O)O)C2)n1. The van der Waals surface area contributed by atoms with E-state index in [1.54, 1.807) is 6.20 Å². The molecule has 17 heavy (non-hydrogen) atoms. The summed E-state index contributed by atoms with van der Waals surface area (Å²) in [5, 5.41) is 9.06. The summed E-state index contributed by atoms with van der Waals surface area (Å²) in [6.45, 7) is 3.09. The van der Waals surface area contributed by atoms with Crippen molar-refractivity contribution in [3.05, 3.63) is 12.4 Å². The van der Waals surface area contributed by atoms with Gasteiger partial charge in [-0.05, 0) is 5.92 Å². The number of carboxylic acids is 1. The molecule has 6 heteroatoms. The molecule has 0 unspecified atom stereocenters. The quantitative estimate of drug-likeness (QED) is 0.831. The van der Waals surface area contributed by atoms with Crippen molar-refractivity contribution in [3.8, 4) is 5.88 Å². The van der Waals surface area contributed by atoms with Crippen molar-refractivity contribution in [2.24, 2.45) is 11.8 Å². The number of ether oxygens (including phenoxy) is 1. The maximum Gasteiger partial charge on any atom is 0.308 e. The average Bonchev–Trinajstić information content (AvgIpc) is 2.71. The number of carboxylic acid groups (broad SMARTS) is 1. The summed E-state index contributed by atoms with van der Waals surface area (Å²) in [5.74, 6) is 0.119. The summed E-state index contributed by atoms with van der Waals surface area (Å²) in [5.41, 5.74) is 0. The molecule has 0 aliphatic carbocycles. The van der Waals surface area contributed by atoms with E-state index in [-0.39, 0.29) is 11.8 Å². The minimum Gasteiger partial charge on any atom is -0.481 e. The van der Waals surface area contributed by atoms with Crippen molar-refractivity contribution in [2.75, 3.05) is 25.1 Å². The fourth-order valence-electron chi connectivity index (χ4n) is 2.06. The summed E-state index contributed by atoms with van der Waals surface area (Å²) < 4.78 is 5.00. The second-order valence-electron chi connectivity index (χ2n) is 4.25. The number of methoxy groups -OCH3 is 1. The largest absolute Gasteiger partial charge is 0.481 e. The highest BCUT2D eigenvalue weighted by Crippen LogP contribution is 2.27. The molecule has 2 heterocycles. The van der Waals surface area contributed by atoms with Gasteiger partial charge in [0.05, 0.1) is 25.4 Å². The highest BCUT2D eigenvalue weighted by atomic mass is 16.5. The standard InChI is InChI=1S/C11H15N3O3/c1-7-5-14(6-8(7)11(15)16)9-3-12-4-10(13-9)17-2/h3-4,7-8H,5-6H2,1-2H3,(H,15,16)/t7-,8-/m1/s1. The lowest BCUT2D eigenvalue weighted by atomic mass is 9.99. The van der Waals surface area contributed by atoms with Crippen molar-refractivity contribution in [2.45, 2.75) is 6.92 Å². The van der Waals surface area contributed by atoms with Crippen LogP contribution in [0.25, 0.3) is 0 Å². The average molecular weight is 237 g/mol. The second kappa shape index (κ2) is 4.57. The third kappa shape index (κ3) is 2.30. The monoisotopic (exact) mass is 237 g/mol. The molecule has 0 amide bonds. The van der Waals surface area contributed by atoms with E-state index < -0.39 is 5.97 Å². The maximum absolute atomic E-state index is 11.0. The Hall–Kier alpha value is -1.85. The Morgan fingerprint density at radius 1 is 1.53 bits per heavy atom. The molecule has 0 saturated carbocycles. The second-order valence-corrected chi connectivity index (χ2v) is 4.25. The van der Waals surface area contributed by atoms with Gasteiger partial charge in [0.15, 0.2) is 5.82 Å². The van der Waals surface area contributed by atoms with E-state index in [9.17, 15) is 4.79 Å². The van der Waals surface area contributed by atoms with Crippen molar-refractivity contribution in [1.82, 2.24) is 9.97 Å². The molecule has 1 aromatic rings. The Kier molecular flexibility index (Phi) is 3.12. The van der Waals surface area contributed by atoms with Gasteiger partial charge >= 0.3 is 5.97 Å². The summed E-state index contributed by atoms with van der Waals surface area (Å²) in [7, 11) is 1.53. The van der Waals surface area contributed by atoms with Crippen LogP contribution in [0.4, 0.5) is 5.82 Å². The Balaban J connectivity index is 2.16. The van der Waals surface area contributed by atoms with Crippen LogP contribution in [0.1, 0.15) is 6.92 Å². The number of aromatic nitrogens is 2. The van der Waals surface area contributed by atoms with Gasteiger partial charge in [-0.3, -0.25) is 9.78 Å². The summed E-state index contributed by atoms with van der Waals surface area (Å²) in [4.78, 5) is 21.2. The molecule has 1 aliphatic heterocycles. The van der Waals surface area contributed by atoms with Crippen LogP contribution in [0.5, 0.6) is 5.88 Å². The van der Waals surface area contributed by atoms with Crippen molar-refractivity contribution in [1.29, 1.82) is 0 Å². The van der Waals surface area contributed by atoms with Crippen LogP contribution in [0.15, 0.2) is 12.4 Å². The van der Waals surface area contributed by atoms with E-state index in [2.05, 4.69) is 9.97 Å². The van der Waals surface area contributed by atoms with Crippen LogP contribution in [0.2, 0.25) is 0 Å². The predicted molar refractivity (Wildman–Crippen MR) is 61.1 cm³/mol. The molecule has 0 bridgehead atoms. The summed E-state index contributed by atoms with van der Waals surface area (Å²) in [6, 6.07) is 0. The lowest BCUT2D eigenvalue weighted by Crippen LogP contribution is -2.23. The number of anilines is 1. The van der Waals surface area contributed by atoms with E-state index >= 15 is 0 Å². The van der Waals surface area contributed by atoms with Crippen molar-refractivity contribution < 1.29 is 14.6 Å². The third-order valence-corrected chi connectivity index (χ3v) is 3.06. The van der Waals surface area contributed by atoms with Crippen LogP contribution in [-0.2, 0) is 4.79 Å². The minimum atomic E-state index is -0.754. The van der Waals surface area contributed by atoms with Gasteiger partial charge in [0.25, 0.3) is 0 Å². The van der Waals surface area contributed by atoms with Gasteiger partial charge < -0.3 is 14.7 Å². The fraction of sp³-hybridized carbons (Fsp3) is 0.545. The van der Waals surface area contributed by atoms with E-state index in [1.807, 2.05) is 11.8 Å². The van der Waals surface area contributed by atoms with Crippen LogP contribution in [-0.4, -0.2) is 41.2 Å². The smallest absolute Gasteiger partial charge is 0.308 e. The van der Waals surface area contributed by atoms with E-state index in [0.717, 1.165) is 0 Å². The zero-order valence-corrected chi connectivity index (χ0v) is 9.83. The van der Waals surface area contributed by atoms with Gasteiger partial charge in [-0.2, -0.15) is 4.98 Å². The zero-order valence-electron chi connectivity index (χ0n) is 9.83. The van der Waals surface area contributed by atoms with Gasteiger partial charge in [-0.15, -0.1) is 0 Å². The normalized spacial score (nSPS) is 23.8. The van der Waals surface area contributed by atoms with E-state index in [1.165, 1.54) is 13.3 Å². The molecule has 2 rings (SSSR count). The molecule has 1 N–H and O–H groups in total. The van der Waals surface area contributed by atoms with Crippen LogP contribution < -0.4 is 9.64 Å². The van der Waals surface area contributed by atoms with Gasteiger partial charge in [0.1, 0.15) is 0 Å². The minimum absolute atomic E-state index is 0.112. The fourth-order valence-corrected chi connectivity index (χ4v) is 2.06. The molecule has 0 spiro atoms. The predicted octanol–water partition coefficient (Wildman–Crippen LogP) is 0.642. The molecule has 1 aromatic heterocycles. The summed E-state index contributed by atoms with van der Waals surface area (Å²) in [6.07, 6.45) is 3.15. The first kappa shape index (κ1) is 11.6. The molecular weight excluding hydrogens is 222 g/mol. The Morgan fingerprint density at radius 3 is 2.88 bits per heavy atom. The summed E-state index contributed by atoms with van der Waals surface area (Å²) >= 11 is 0. The maximum atomic E-state index is 11.0. The highest BCUT2D eigenvalue weighted by molar-refractivity contribution is 5.72. The highest BCUT2D eigenvalue weighted by Gasteiger charge is 2.35. The molecule has 0 aromatic carbocycles. The number of aliphatic carboxylic acids is 1. The first-order valence-electron chi connectivity index (χ1n) is 5.45. The lowest BCUT2D eigenvalue weighted by molar-refractivity contribution is -0.142. The van der Waals surface area contributed by atoms with Gasteiger partial charge in [-0.25, -0.2) is 0 Å².